The highest BCUT2D eigenvalue weighted by molar-refractivity contribution is 7.99. The molecule has 0 unspecified atom stereocenters. The van der Waals surface area contributed by atoms with Crippen LogP contribution in [0.4, 0.5) is 0 Å². The van der Waals surface area contributed by atoms with Crippen molar-refractivity contribution in [3.8, 4) is 0 Å². The van der Waals surface area contributed by atoms with E-state index in [4.69, 9.17) is 4.42 Å². The molecule has 0 radical (unpaired) electrons. The maximum absolute atomic E-state index is 5.49. The lowest BCUT2D eigenvalue weighted by molar-refractivity contribution is 0.605. The van der Waals surface area contributed by atoms with E-state index < -0.39 is 0 Å². The predicted octanol–water partition coefficient (Wildman–Crippen LogP) is 3.44. The van der Waals surface area contributed by atoms with Crippen molar-refractivity contribution in [1.29, 1.82) is 0 Å². The molecule has 1 heterocycles. The zero-order chi connectivity index (χ0) is 11.9. The summed E-state index contributed by atoms with van der Waals surface area (Å²) >= 11 is 1.89. The molecule has 1 aromatic heterocycles. The average Bonchev–Trinajstić information content (AvgIpc) is 2.77. The van der Waals surface area contributed by atoms with Gasteiger partial charge in [0.05, 0.1) is 6.26 Å². The molecule has 2 rings (SSSR count). The second kappa shape index (κ2) is 6.52. The van der Waals surface area contributed by atoms with Gasteiger partial charge in [-0.3, -0.25) is 0 Å². The minimum atomic E-state index is 0.867. The van der Waals surface area contributed by atoms with Crippen molar-refractivity contribution in [2.24, 2.45) is 0 Å². The maximum atomic E-state index is 5.49. The fourth-order valence-electron chi connectivity index (χ4n) is 1.70. The van der Waals surface area contributed by atoms with Crippen molar-refractivity contribution < 1.29 is 4.42 Å². The van der Waals surface area contributed by atoms with Crippen molar-refractivity contribution in [2.45, 2.75) is 6.54 Å². The van der Waals surface area contributed by atoms with Gasteiger partial charge in [0.25, 0.3) is 0 Å². The van der Waals surface area contributed by atoms with Crippen LogP contribution < -0.4 is 5.32 Å². The minimum absolute atomic E-state index is 0.867. The zero-order valence-electron chi connectivity index (χ0n) is 9.82. The molecular weight excluding hydrogens is 230 g/mol. The third-order valence-corrected chi connectivity index (χ3v) is 3.50. The number of nitrogens with one attached hydrogen (secondary N) is 1. The molecule has 0 spiro atoms. The maximum Gasteiger partial charge on any atom is 0.134 e. The smallest absolute Gasteiger partial charge is 0.134 e. The first-order chi connectivity index (χ1) is 8.42. The number of benzene rings is 1. The summed E-state index contributed by atoms with van der Waals surface area (Å²) < 4.78 is 5.49. The number of rotatable bonds is 7. The Kier molecular flexibility index (Phi) is 4.71. The minimum Gasteiger partial charge on any atom is -0.464 e. The molecule has 0 saturated heterocycles. The predicted molar refractivity (Wildman–Crippen MR) is 75.4 cm³/mol. The lowest BCUT2D eigenvalue weighted by Crippen LogP contribution is -2.16. The van der Waals surface area contributed by atoms with Crippen LogP contribution in [0.1, 0.15) is 5.56 Å². The van der Waals surface area contributed by atoms with E-state index in [1.54, 1.807) is 0 Å². The number of thioether (sulfide) groups is 1. The third kappa shape index (κ3) is 3.38. The molecule has 90 valence electrons. The van der Waals surface area contributed by atoms with Gasteiger partial charge in [-0.15, -0.1) is 6.58 Å². The Hall–Kier alpha value is -1.19. The van der Waals surface area contributed by atoms with E-state index in [0.29, 0.717) is 0 Å². The second-order valence-corrected chi connectivity index (χ2v) is 4.95. The first kappa shape index (κ1) is 12.3. The van der Waals surface area contributed by atoms with Crippen LogP contribution in [-0.4, -0.2) is 18.1 Å². The molecule has 0 saturated carbocycles. The molecule has 0 aliphatic rings. The van der Waals surface area contributed by atoms with Crippen LogP contribution in [0.15, 0.2) is 47.6 Å². The van der Waals surface area contributed by atoms with E-state index in [-0.39, 0.29) is 0 Å². The van der Waals surface area contributed by atoms with Crippen LogP contribution >= 0.6 is 11.8 Å². The molecule has 1 N–H and O–H groups in total. The highest BCUT2D eigenvalue weighted by atomic mass is 32.2. The molecule has 2 nitrogen and oxygen atoms in total. The third-order valence-electron chi connectivity index (χ3n) is 2.54. The van der Waals surface area contributed by atoms with E-state index >= 15 is 0 Å². The topological polar surface area (TPSA) is 25.2 Å². The summed E-state index contributed by atoms with van der Waals surface area (Å²) in [6, 6.07) is 8.14. The van der Waals surface area contributed by atoms with Crippen molar-refractivity contribution in [3.63, 3.8) is 0 Å². The largest absolute Gasteiger partial charge is 0.464 e. The summed E-state index contributed by atoms with van der Waals surface area (Å²) in [6.45, 7) is 5.58. The lowest BCUT2D eigenvalue weighted by Gasteiger charge is -2.02. The molecule has 2 aromatic rings. The Morgan fingerprint density at radius 1 is 1.35 bits per heavy atom. The van der Waals surface area contributed by atoms with Crippen LogP contribution in [0.5, 0.6) is 0 Å². The quantitative estimate of drug-likeness (QED) is 0.599. The summed E-state index contributed by atoms with van der Waals surface area (Å²) in [5, 5.41) is 4.63. The molecule has 3 heteroatoms. The fraction of sp³-hybridized carbons (Fsp3) is 0.286. The van der Waals surface area contributed by atoms with Gasteiger partial charge in [0.2, 0.25) is 0 Å². The Morgan fingerprint density at radius 3 is 3.12 bits per heavy atom. The number of para-hydroxylation sites is 1. The van der Waals surface area contributed by atoms with Crippen LogP contribution in [0.2, 0.25) is 0 Å². The van der Waals surface area contributed by atoms with Crippen molar-refractivity contribution in [1.82, 2.24) is 5.32 Å². The van der Waals surface area contributed by atoms with Crippen molar-refractivity contribution in [3.05, 3.63) is 48.7 Å². The Morgan fingerprint density at radius 2 is 2.24 bits per heavy atom. The number of fused-ring (bicyclic) bond motifs is 1. The Balaban J connectivity index is 1.81. The number of hydrogen-bond acceptors (Lipinski definition) is 3. The summed E-state index contributed by atoms with van der Waals surface area (Å²) in [4.78, 5) is 0. The van der Waals surface area contributed by atoms with Gasteiger partial charge in [0.15, 0.2) is 0 Å². The fourth-order valence-corrected chi connectivity index (χ4v) is 2.33. The number of furan rings is 1. The Bertz CT molecular complexity index is 478. The van der Waals surface area contributed by atoms with Crippen LogP contribution in [-0.2, 0) is 6.54 Å². The van der Waals surface area contributed by atoms with Gasteiger partial charge in [-0.05, 0) is 6.07 Å². The first-order valence-electron chi connectivity index (χ1n) is 5.76. The van der Waals surface area contributed by atoms with Gasteiger partial charge in [-0.25, -0.2) is 0 Å². The molecule has 0 amide bonds. The Labute approximate surface area is 106 Å². The lowest BCUT2D eigenvalue weighted by atomic mass is 10.2. The second-order valence-electron chi connectivity index (χ2n) is 3.80. The molecule has 0 aliphatic heterocycles. The van der Waals surface area contributed by atoms with Crippen LogP contribution in [0, 0.1) is 0 Å². The van der Waals surface area contributed by atoms with Gasteiger partial charge < -0.3 is 9.73 Å². The van der Waals surface area contributed by atoms with Gasteiger partial charge in [-0.2, -0.15) is 11.8 Å². The SMILES string of the molecule is C=CCSCCNCc1coc2ccccc12. The zero-order valence-corrected chi connectivity index (χ0v) is 10.6. The van der Waals surface area contributed by atoms with E-state index in [1.165, 1.54) is 10.9 Å². The normalized spacial score (nSPS) is 10.8. The van der Waals surface area contributed by atoms with Gasteiger partial charge in [0, 0.05) is 35.5 Å². The molecular formula is C14H17NOS. The molecule has 17 heavy (non-hydrogen) atoms. The monoisotopic (exact) mass is 247 g/mol. The standard InChI is InChI=1S/C14H17NOS/c1-2-8-17-9-7-15-10-12-11-16-14-6-4-3-5-13(12)14/h2-6,11,15H,1,7-10H2. The highest BCUT2D eigenvalue weighted by Crippen LogP contribution is 2.20. The number of hydrogen-bond donors (Lipinski definition) is 1. The molecule has 0 atom stereocenters. The van der Waals surface area contributed by atoms with Crippen molar-refractivity contribution >= 4 is 22.7 Å². The summed E-state index contributed by atoms with van der Waals surface area (Å²) in [5.41, 5.74) is 2.19. The molecule has 0 aliphatic carbocycles. The van der Waals surface area contributed by atoms with Gasteiger partial charge in [0.1, 0.15) is 5.58 Å². The van der Waals surface area contributed by atoms with E-state index in [9.17, 15) is 0 Å². The van der Waals surface area contributed by atoms with Crippen molar-refractivity contribution in [2.75, 3.05) is 18.1 Å². The summed E-state index contributed by atoms with van der Waals surface area (Å²) in [6.07, 6.45) is 3.78. The molecule has 0 bridgehead atoms. The van der Waals surface area contributed by atoms with E-state index in [0.717, 1.165) is 30.2 Å². The van der Waals surface area contributed by atoms with E-state index in [1.807, 2.05) is 42.3 Å². The van der Waals surface area contributed by atoms with Crippen LogP contribution in [0.25, 0.3) is 11.0 Å². The highest BCUT2D eigenvalue weighted by Gasteiger charge is 2.03. The van der Waals surface area contributed by atoms with Crippen LogP contribution in [0.3, 0.4) is 0 Å². The molecule has 0 fully saturated rings. The van der Waals surface area contributed by atoms with E-state index in [2.05, 4.69) is 18.0 Å². The first-order valence-corrected chi connectivity index (χ1v) is 6.92. The summed E-state index contributed by atoms with van der Waals surface area (Å²) in [7, 11) is 0. The average molecular weight is 247 g/mol. The molecule has 1 aromatic carbocycles. The van der Waals surface area contributed by atoms with Gasteiger partial charge in [-0.1, -0.05) is 24.3 Å². The summed E-state index contributed by atoms with van der Waals surface area (Å²) in [5.74, 6) is 2.14. The van der Waals surface area contributed by atoms with Gasteiger partial charge >= 0.3 is 0 Å².